The molecule has 0 unspecified atom stereocenters. The standard InChI is InChI=1S/C8H15NO.H3N/c1-3-4-5-6-7(2)8(9)10;/h6H,3-5H2,1-2H3,(H2,9,10);1H3. The predicted octanol–water partition coefficient (Wildman–Crippen LogP) is 1.77. The van der Waals surface area contributed by atoms with Crippen molar-refractivity contribution in [3.63, 3.8) is 0 Å². The summed E-state index contributed by atoms with van der Waals surface area (Å²) in [6.07, 6.45) is 5.14. The van der Waals surface area contributed by atoms with Gasteiger partial charge in [0.1, 0.15) is 0 Å². The van der Waals surface area contributed by atoms with Crippen LogP contribution in [0.5, 0.6) is 0 Å². The molecule has 0 spiro atoms. The highest BCUT2D eigenvalue weighted by Gasteiger charge is 1.93. The summed E-state index contributed by atoms with van der Waals surface area (Å²) in [7, 11) is 0. The van der Waals surface area contributed by atoms with Crippen molar-refractivity contribution in [2.75, 3.05) is 0 Å². The number of rotatable bonds is 4. The number of hydrogen-bond donors (Lipinski definition) is 2. The van der Waals surface area contributed by atoms with Gasteiger partial charge < -0.3 is 11.9 Å². The molecule has 3 nitrogen and oxygen atoms in total. The molecule has 0 radical (unpaired) electrons. The molecule has 0 aliphatic carbocycles. The second-order valence-corrected chi connectivity index (χ2v) is 2.39. The monoisotopic (exact) mass is 158 g/mol. The number of hydrogen-bond acceptors (Lipinski definition) is 2. The van der Waals surface area contributed by atoms with E-state index in [1.54, 1.807) is 6.92 Å². The molecule has 1 amide bonds. The highest BCUT2D eigenvalue weighted by Crippen LogP contribution is 1.99. The van der Waals surface area contributed by atoms with E-state index in [0.29, 0.717) is 5.57 Å². The van der Waals surface area contributed by atoms with Crippen LogP contribution in [-0.4, -0.2) is 5.91 Å². The highest BCUT2D eigenvalue weighted by molar-refractivity contribution is 5.91. The molecule has 0 aromatic rings. The summed E-state index contributed by atoms with van der Waals surface area (Å²) in [5, 5.41) is 0. The summed E-state index contributed by atoms with van der Waals surface area (Å²) in [5.41, 5.74) is 5.69. The van der Waals surface area contributed by atoms with Crippen LogP contribution in [0.3, 0.4) is 0 Å². The van der Waals surface area contributed by atoms with Gasteiger partial charge in [0.05, 0.1) is 0 Å². The first-order valence-corrected chi connectivity index (χ1v) is 3.65. The lowest BCUT2D eigenvalue weighted by molar-refractivity contribution is -0.114. The van der Waals surface area contributed by atoms with Crippen molar-refractivity contribution in [1.29, 1.82) is 0 Å². The maximum absolute atomic E-state index is 10.4. The molecule has 0 atom stereocenters. The summed E-state index contributed by atoms with van der Waals surface area (Å²) >= 11 is 0. The molecule has 0 bridgehead atoms. The van der Waals surface area contributed by atoms with Gasteiger partial charge in [0.2, 0.25) is 5.91 Å². The van der Waals surface area contributed by atoms with Crippen LogP contribution in [0.15, 0.2) is 11.6 Å². The molecule has 0 rings (SSSR count). The largest absolute Gasteiger partial charge is 0.366 e. The number of allylic oxidation sites excluding steroid dienone is 1. The quantitative estimate of drug-likeness (QED) is 0.483. The third-order valence-electron chi connectivity index (χ3n) is 1.40. The first kappa shape index (κ1) is 12.8. The van der Waals surface area contributed by atoms with Crippen LogP contribution in [0.25, 0.3) is 0 Å². The summed E-state index contributed by atoms with van der Waals surface area (Å²) in [6.45, 7) is 3.87. The number of carbonyl (C=O) groups excluding carboxylic acids is 1. The Kier molecular flexibility index (Phi) is 8.48. The fraction of sp³-hybridized carbons (Fsp3) is 0.625. The zero-order valence-corrected chi connectivity index (χ0v) is 7.39. The zero-order chi connectivity index (χ0) is 7.98. The number of nitrogens with two attached hydrogens (primary N) is 1. The summed E-state index contributed by atoms with van der Waals surface area (Å²) in [5.74, 6) is -0.309. The van der Waals surface area contributed by atoms with Crippen LogP contribution in [0.2, 0.25) is 0 Å². The van der Waals surface area contributed by atoms with Gasteiger partial charge in [-0.2, -0.15) is 0 Å². The summed E-state index contributed by atoms with van der Waals surface area (Å²) in [4.78, 5) is 10.4. The molecular weight excluding hydrogens is 140 g/mol. The molecule has 3 heteroatoms. The van der Waals surface area contributed by atoms with Crippen molar-refractivity contribution in [3.05, 3.63) is 11.6 Å². The minimum absolute atomic E-state index is 0. The molecule has 66 valence electrons. The fourth-order valence-electron chi connectivity index (χ4n) is 0.623. The van der Waals surface area contributed by atoms with Crippen LogP contribution < -0.4 is 11.9 Å². The van der Waals surface area contributed by atoms with Crippen molar-refractivity contribution in [2.24, 2.45) is 5.73 Å². The van der Waals surface area contributed by atoms with E-state index >= 15 is 0 Å². The minimum Gasteiger partial charge on any atom is -0.366 e. The smallest absolute Gasteiger partial charge is 0.244 e. The lowest BCUT2D eigenvalue weighted by Crippen LogP contribution is -2.11. The average Bonchev–Trinajstić information content (AvgIpc) is 1.88. The fourth-order valence-corrected chi connectivity index (χ4v) is 0.623. The SMILES string of the molecule is CCCCC=C(C)C(N)=O.N. The van der Waals surface area contributed by atoms with Gasteiger partial charge in [-0.25, -0.2) is 0 Å². The number of primary amides is 1. The third kappa shape index (κ3) is 7.06. The van der Waals surface area contributed by atoms with E-state index in [-0.39, 0.29) is 12.1 Å². The lowest BCUT2D eigenvalue weighted by atomic mass is 10.2. The van der Waals surface area contributed by atoms with Crippen molar-refractivity contribution >= 4 is 5.91 Å². The van der Waals surface area contributed by atoms with Crippen molar-refractivity contribution < 1.29 is 4.79 Å². The van der Waals surface area contributed by atoms with E-state index in [4.69, 9.17) is 5.73 Å². The Bertz CT molecular complexity index is 141. The second kappa shape index (κ2) is 7.28. The maximum atomic E-state index is 10.4. The van der Waals surface area contributed by atoms with E-state index < -0.39 is 0 Å². The lowest BCUT2D eigenvalue weighted by Gasteiger charge is -1.92. The molecule has 5 N–H and O–H groups in total. The number of carbonyl (C=O) groups is 1. The van der Waals surface area contributed by atoms with Crippen LogP contribution >= 0.6 is 0 Å². The van der Waals surface area contributed by atoms with E-state index in [1.165, 1.54) is 0 Å². The number of amides is 1. The molecule has 0 saturated carbocycles. The van der Waals surface area contributed by atoms with Crippen LogP contribution in [0.1, 0.15) is 33.1 Å². The van der Waals surface area contributed by atoms with Gasteiger partial charge in [-0.05, 0) is 13.3 Å². The second-order valence-electron chi connectivity index (χ2n) is 2.39. The predicted molar refractivity (Wildman–Crippen MR) is 47.5 cm³/mol. The van der Waals surface area contributed by atoms with Crippen molar-refractivity contribution in [2.45, 2.75) is 33.1 Å². The Morgan fingerprint density at radius 1 is 1.55 bits per heavy atom. The Morgan fingerprint density at radius 3 is 2.45 bits per heavy atom. The van der Waals surface area contributed by atoms with Gasteiger partial charge in [-0.1, -0.05) is 25.8 Å². The molecule has 0 aromatic heterocycles. The van der Waals surface area contributed by atoms with E-state index in [0.717, 1.165) is 19.3 Å². The van der Waals surface area contributed by atoms with Gasteiger partial charge in [0.15, 0.2) is 0 Å². The van der Waals surface area contributed by atoms with Gasteiger partial charge >= 0.3 is 0 Å². The molecule has 0 aromatic carbocycles. The van der Waals surface area contributed by atoms with Crippen molar-refractivity contribution in [3.8, 4) is 0 Å². The average molecular weight is 158 g/mol. The van der Waals surface area contributed by atoms with Gasteiger partial charge in [-0.3, -0.25) is 4.79 Å². The van der Waals surface area contributed by atoms with Crippen LogP contribution in [0.4, 0.5) is 0 Å². The van der Waals surface area contributed by atoms with E-state index in [2.05, 4.69) is 6.92 Å². The Hall–Kier alpha value is -0.830. The minimum atomic E-state index is -0.309. The molecule has 11 heavy (non-hydrogen) atoms. The van der Waals surface area contributed by atoms with Crippen molar-refractivity contribution in [1.82, 2.24) is 6.15 Å². The van der Waals surface area contributed by atoms with Crippen LogP contribution in [-0.2, 0) is 4.79 Å². The Morgan fingerprint density at radius 2 is 2.09 bits per heavy atom. The molecule has 0 aliphatic rings. The van der Waals surface area contributed by atoms with Gasteiger partial charge in [0, 0.05) is 5.57 Å². The number of unbranched alkanes of at least 4 members (excludes halogenated alkanes) is 2. The summed E-state index contributed by atoms with van der Waals surface area (Å²) in [6, 6.07) is 0. The third-order valence-corrected chi connectivity index (χ3v) is 1.40. The summed E-state index contributed by atoms with van der Waals surface area (Å²) < 4.78 is 0. The normalized spacial score (nSPS) is 10.5. The highest BCUT2D eigenvalue weighted by atomic mass is 16.1. The molecule has 0 aliphatic heterocycles. The topological polar surface area (TPSA) is 78.1 Å². The molecule has 0 fully saturated rings. The first-order chi connectivity index (χ1) is 4.68. The maximum Gasteiger partial charge on any atom is 0.244 e. The zero-order valence-electron chi connectivity index (χ0n) is 7.39. The van der Waals surface area contributed by atoms with Gasteiger partial charge in [-0.15, -0.1) is 0 Å². The van der Waals surface area contributed by atoms with E-state index in [1.807, 2.05) is 6.08 Å². The molecular formula is C8H18N2O. The molecule has 0 heterocycles. The molecule has 0 saturated heterocycles. The van der Waals surface area contributed by atoms with E-state index in [9.17, 15) is 4.79 Å². The van der Waals surface area contributed by atoms with Gasteiger partial charge in [0.25, 0.3) is 0 Å². The van der Waals surface area contributed by atoms with Crippen LogP contribution in [0, 0.1) is 0 Å². The Labute approximate surface area is 68.2 Å². The Balaban J connectivity index is 0. The first-order valence-electron chi connectivity index (χ1n) is 3.65.